The lowest BCUT2D eigenvalue weighted by atomic mass is 9.95. The molecular weight excluding hydrogens is 408 g/mol. The van der Waals surface area contributed by atoms with E-state index in [-0.39, 0.29) is 0 Å². The molecule has 206 valence electrons. The van der Waals surface area contributed by atoms with Crippen molar-refractivity contribution < 1.29 is 0 Å². The molecule has 0 saturated heterocycles. The second-order valence-corrected chi connectivity index (χ2v) is 12.1. The van der Waals surface area contributed by atoms with Gasteiger partial charge in [0.25, 0.3) is 0 Å². The summed E-state index contributed by atoms with van der Waals surface area (Å²) in [5, 5.41) is 0. The molecule has 34 heavy (non-hydrogen) atoms. The highest BCUT2D eigenvalue weighted by atomic mass is 14.1. The second-order valence-electron chi connectivity index (χ2n) is 12.1. The maximum Gasteiger partial charge on any atom is -0.0443 e. The van der Waals surface area contributed by atoms with Crippen LogP contribution >= 0.6 is 0 Å². The SMILES string of the molecule is CCCCCCCCCCCC(C)CCCCCCCCCC(C)CCCCCCCCCC. The summed E-state index contributed by atoms with van der Waals surface area (Å²) < 4.78 is 0. The Morgan fingerprint density at radius 1 is 0.265 bits per heavy atom. The molecule has 0 rings (SSSR count). The average Bonchev–Trinajstić information content (AvgIpc) is 2.83. The molecule has 0 aromatic carbocycles. The van der Waals surface area contributed by atoms with Crippen molar-refractivity contribution in [3.8, 4) is 0 Å². The van der Waals surface area contributed by atoms with Crippen LogP contribution < -0.4 is 0 Å². The lowest BCUT2D eigenvalue weighted by Gasteiger charge is -2.12. The molecule has 0 aromatic heterocycles. The first kappa shape index (κ1) is 34.0. The molecule has 2 unspecified atom stereocenters. The average molecular weight is 479 g/mol. The van der Waals surface area contributed by atoms with Crippen molar-refractivity contribution in [2.24, 2.45) is 11.8 Å². The number of hydrogen-bond acceptors (Lipinski definition) is 0. The van der Waals surface area contributed by atoms with Crippen molar-refractivity contribution in [3.05, 3.63) is 0 Å². The van der Waals surface area contributed by atoms with E-state index in [9.17, 15) is 0 Å². The van der Waals surface area contributed by atoms with Gasteiger partial charge in [-0.25, -0.2) is 0 Å². The predicted molar refractivity (Wildman–Crippen MR) is 159 cm³/mol. The van der Waals surface area contributed by atoms with E-state index < -0.39 is 0 Å². The van der Waals surface area contributed by atoms with E-state index in [0.717, 1.165) is 11.8 Å². The van der Waals surface area contributed by atoms with Gasteiger partial charge in [-0.1, -0.05) is 207 Å². The molecule has 0 N–H and O–H groups in total. The van der Waals surface area contributed by atoms with E-state index in [2.05, 4.69) is 27.7 Å². The molecular formula is C34H70. The quantitative estimate of drug-likeness (QED) is 0.0937. The topological polar surface area (TPSA) is 0 Å². The Kier molecular flexibility index (Phi) is 29.2. The zero-order chi connectivity index (χ0) is 25.0. The second kappa shape index (κ2) is 29.2. The molecule has 0 heterocycles. The van der Waals surface area contributed by atoms with Gasteiger partial charge in [-0.2, -0.15) is 0 Å². The minimum Gasteiger partial charge on any atom is -0.0654 e. The minimum absolute atomic E-state index is 0.965. The zero-order valence-electron chi connectivity index (χ0n) is 25.0. The van der Waals surface area contributed by atoms with E-state index in [1.165, 1.54) is 180 Å². The Hall–Kier alpha value is 0. The van der Waals surface area contributed by atoms with Gasteiger partial charge in [-0.15, -0.1) is 0 Å². The summed E-state index contributed by atoms with van der Waals surface area (Å²) >= 11 is 0. The molecule has 0 fully saturated rings. The summed E-state index contributed by atoms with van der Waals surface area (Å²) in [6.07, 6.45) is 41.1. The van der Waals surface area contributed by atoms with Crippen LogP contribution in [0.5, 0.6) is 0 Å². The molecule has 0 aromatic rings. The Labute approximate surface area is 219 Å². The lowest BCUT2D eigenvalue weighted by molar-refractivity contribution is 0.422. The summed E-state index contributed by atoms with van der Waals surface area (Å²) in [4.78, 5) is 0. The van der Waals surface area contributed by atoms with E-state index >= 15 is 0 Å². The van der Waals surface area contributed by atoms with E-state index in [1.807, 2.05) is 0 Å². The lowest BCUT2D eigenvalue weighted by Crippen LogP contribution is -1.96. The fourth-order valence-electron chi connectivity index (χ4n) is 5.59. The molecule has 0 nitrogen and oxygen atoms in total. The van der Waals surface area contributed by atoms with Gasteiger partial charge in [-0.3, -0.25) is 0 Å². The molecule has 0 bridgehead atoms. The summed E-state index contributed by atoms with van der Waals surface area (Å²) in [6, 6.07) is 0. The normalized spacial score (nSPS) is 13.4. The minimum atomic E-state index is 0.965. The fourth-order valence-corrected chi connectivity index (χ4v) is 5.59. The summed E-state index contributed by atoms with van der Waals surface area (Å²) in [7, 11) is 0. The monoisotopic (exact) mass is 479 g/mol. The van der Waals surface area contributed by atoms with Crippen molar-refractivity contribution in [3.63, 3.8) is 0 Å². The molecule has 0 heteroatoms. The van der Waals surface area contributed by atoms with Crippen LogP contribution in [0.2, 0.25) is 0 Å². The van der Waals surface area contributed by atoms with E-state index in [0.29, 0.717) is 0 Å². The summed E-state index contributed by atoms with van der Waals surface area (Å²) in [6.45, 7) is 9.61. The third-order valence-corrected chi connectivity index (χ3v) is 8.24. The Balaban J connectivity index is 3.23. The van der Waals surface area contributed by atoms with Crippen LogP contribution in [-0.2, 0) is 0 Å². The Bertz CT molecular complexity index is 346. The van der Waals surface area contributed by atoms with Crippen molar-refractivity contribution >= 4 is 0 Å². The first-order chi connectivity index (χ1) is 16.7. The van der Waals surface area contributed by atoms with Gasteiger partial charge in [0.05, 0.1) is 0 Å². The third-order valence-electron chi connectivity index (χ3n) is 8.24. The van der Waals surface area contributed by atoms with Gasteiger partial charge in [0.15, 0.2) is 0 Å². The van der Waals surface area contributed by atoms with Gasteiger partial charge in [-0.05, 0) is 11.8 Å². The van der Waals surface area contributed by atoms with Crippen molar-refractivity contribution in [1.82, 2.24) is 0 Å². The molecule has 0 aliphatic carbocycles. The Morgan fingerprint density at radius 2 is 0.441 bits per heavy atom. The van der Waals surface area contributed by atoms with Crippen LogP contribution in [0.4, 0.5) is 0 Å². The van der Waals surface area contributed by atoms with Crippen molar-refractivity contribution in [2.75, 3.05) is 0 Å². The van der Waals surface area contributed by atoms with Gasteiger partial charge in [0.1, 0.15) is 0 Å². The predicted octanol–water partition coefficient (Wildman–Crippen LogP) is 13.2. The smallest absolute Gasteiger partial charge is 0.0443 e. The first-order valence-electron chi connectivity index (χ1n) is 16.7. The van der Waals surface area contributed by atoms with Gasteiger partial charge < -0.3 is 0 Å². The summed E-state index contributed by atoms with van der Waals surface area (Å²) in [5.74, 6) is 1.93. The van der Waals surface area contributed by atoms with Crippen LogP contribution in [0.15, 0.2) is 0 Å². The largest absolute Gasteiger partial charge is 0.0654 e. The molecule has 0 amide bonds. The van der Waals surface area contributed by atoms with Crippen molar-refractivity contribution in [1.29, 1.82) is 0 Å². The third kappa shape index (κ3) is 28.2. The van der Waals surface area contributed by atoms with Crippen LogP contribution in [0, 0.1) is 11.8 Å². The maximum absolute atomic E-state index is 2.50. The molecule has 0 aliphatic heterocycles. The standard InChI is InChI=1S/C34H70/c1-5-7-9-11-13-15-18-22-26-30-34(4)32-28-24-20-16-19-23-27-31-33(3)29-25-21-17-14-12-10-8-6-2/h33-34H,5-32H2,1-4H3. The molecule has 2 atom stereocenters. The first-order valence-corrected chi connectivity index (χ1v) is 16.7. The number of rotatable bonds is 29. The highest BCUT2D eigenvalue weighted by Crippen LogP contribution is 2.21. The number of unbranched alkanes of at least 4 members (excludes halogenated alkanes) is 21. The van der Waals surface area contributed by atoms with Crippen LogP contribution in [0.3, 0.4) is 0 Å². The summed E-state index contributed by atoms with van der Waals surface area (Å²) in [5.41, 5.74) is 0. The Morgan fingerprint density at radius 3 is 0.647 bits per heavy atom. The molecule has 0 saturated carbocycles. The van der Waals surface area contributed by atoms with Crippen molar-refractivity contribution in [2.45, 2.75) is 207 Å². The van der Waals surface area contributed by atoms with Crippen LogP contribution in [0.25, 0.3) is 0 Å². The highest BCUT2D eigenvalue weighted by Gasteiger charge is 2.04. The molecule has 0 spiro atoms. The van der Waals surface area contributed by atoms with Crippen LogP contribution in [0.1, 0.15) is 207 Å². The number of hydrogen-bond donors (Lipinski definition) is 0. The molecule has 0 radical (unpaired) electrons. The van der Waals surface area contributed by atoms with Gasteiger partial charge >= 0.3 is 0 Å². The fraction of sp³-hybridized carbons (Fsp3) is 1.00. The van der Waals surface area contributed by atoms with Crippen LogP contribution in [-0.4, -0.2) is 0 Å². The van der Waals surface area contributed by atoms with E-state index in [4.69, 9.17) is 0 Å². The highest BCUT2D eigenvalue weighted by molar-refractivity contribution is 4.58. The zero-order valence-corrected chi connectivity index (χ0v) is 25.0. The molecule has 0 aliphatic rings. The van der Waals surface area contributed by atoms with Gasteiger partial charge in [0, 0.05) is 0 Å². The van der Waals surface area contributed by atoms with E-state index in [1.54, 1.807) is 0 Å². The maximum atomic E-state index is 2.50. The van der Waals surface area contributed by atoms with Gasteiger partial charge in [0.2, 0.25) is 0 Å².